The van der Waals surface area contributed by atoms with Gasteiger partial charge in [0.15, 0.2) is 0 Å². The fraction of sp³-hybridized carbons (Fsp3) is 0.500. The Bertz CT molecular complexity index is 319. The molecule has 1 heterocycles. The van der Waals surface area contributed by atoms with Gasteiger partial charge in [-0.05, 0) is 43.2 Å². The van der Waals surface area contributed by atoms with E-state index in [9.17, 15) is 0 Å². The molecule has 2 aliphatic rings. The second-order valence-electron chi connectivity index (χ2n) is 4.15. The fourth-order valence-corrected chi connectivity index (χ4v) is 2.21. The Labute approximate surface area is 78.7 Å². The van der Waals surface area contributed by atoms with Crippen LogP contribution in [-0.2, 0) is 6.42 Å². The molecular formula is C12H14O. The molecule has 1 unspecified atom stereocenters. The van der Waals surface area contributed by atoms with Crippen molar-refractivity contribution in [1.82, 2.24) is 0 Å². The number of aryl methyl sites for hydroxylation is 1. The summed E-state index contributed by atoms with van der Waals surface area (Å²) >= 11 is 0. The average Bonchev–Trinajstić information content (AvgIpc) is 2.84. The van der Waals surface area contributed by atoms with E-state index in [4.69, 9.17) is 4.74 Å². The maximum Gasteiger partial charge on any atom is 0.122 e. The molecule has 0 spiro atoms. The molecule has 1 saturated carbocycles. The molecule has 0 radical (unpaired) electrons. The first-order chi connectivity index (χ1) is 6.43. The molecule has 0 aromatic heterocycles. The highest BCUT2D eigenvalue weighted by molar-refractivity contribution is 5.34. The van der Waals surface area contributed by atoms with Crippen LogP contribution in [0.5, 0.6) is 5.75 Å². The van der Waals surface area contributed by atoms with Crippen LogP contribution in [0.15, 0.2) is 24.3 Å². The van der Waals surface area contributed by atoms with Crippen molar-refractivity contribution in [3.8, 4) is 5.75 Å². The molecule has 13 heavy (non-hydrogen) atoms. The molecule has 0 amide bonds. The lowest BCUT2D eigenvalue weighted by Crippen LogP contribution is -2.06. The third-order valence-electron chi connectivity index (χ3n) is 3.13. The molecule has 2 atom stereocenters. The molecule has 1 nitrogen and oxygen atoms in total. The summed E-state index contributed by atoms with van der Waals surface area (Å²) in [7, 11) is 0. The molecule has 0 N–H and O–H groups in total. The predicted octanol–water partition coefficient (Wildman–Crippen LogP) is 2.79. The van der Waals surface area contributed by atoms with Crippen LogP contribution in [0.1, 0.15) is 24.8 Å². The minimum absolute atomic E-state index is 0.543. The van der Waals surface area contributed by atoms with E-state index in [-0.39, 0.29) is 0 Å². The van der Waals surface area contributed by atoms with Crippen LogP contribution >= 0.6 is 0 Å². The number of benzene rings is 1. The van der Waals surface area contributed by atoms with E-state index < -0.39 is 0 Å². The number of rotatable bonds is 0. The predicted molar refractivity (Wildman–Crippen MR) is 51.9 cm³/mol. The van der Waals surface area contributed by atoms with Crippen molar-refractivity contribution in [2.24, 2.45) is 5.92 Å². The Hall–Kier alpha value is -0.980. The van der Waals surface area contributed by atoms with Gasteiger partial charge in [-0.3, -0.25) is 0 Å². The summed E-state index contributed by atoms with van der Waals surface area (Å²) in [5.41, 5.74) is 1.40. The van der Waals surface area contributed by atoms with E-state index in [1.165, 1.54) is 31.2 Å². The van der Waals surface area contributed by atoms with Gasteiger partial charge in [0.1, 0.15) is 11.9 Å². The van der Waals surface area contributed by atoms with E-state index in [0.29, 0.717) is 6.10 Å². The van der Waals surface area contributed by atoms with Gasteiger partial charge < -0.3 is 4.74 Å². The maximum absolute atomic E-state index is 5.91. The Balaban J connectivity index is 1.93. The Morgan fingerprint density at radius 1 is 1.23 bits per heavy atom. The van der Waals surface area contributed by atoms with Crippen LogP contribution < -0.4 is 4.74 Å². The lowest BCUT2D eigenvalue weighted by Gasteiger charge is -2.14. The van der Waals surface area contributed by atoms with Crippen LogP contribution in [0.2, 0.25) is 0 Å². The van der Waals surface area contributed by atoms with Gasteiger partial charge in [0, 0.05) is 0 Å². The van der Waals surface area contributed by atoms with E-state index >= 15 is 0 Å². The summed E-state index contributed by atoms with van der Waals surface area (Å²) in [4.78, 5) is 0. The van der Waals surface area contributed by atoms with Crippen molar-refractivity contribution >= 4 is 0 Å². The van der Waals surface area contributed by atoms with Gasteiger partial charge in [-0.25, -0.2) is 0 Å². The number of para-hydroxylation sites is 1. The first-order valence-electron chi connectivity index (χ1n) is 5.18. The largest absolute Gasteiger partial charge is 0.490 e. The highest BCUT2D eigenvalue weighted by Gasteiger charge is 2.39. The summed E-state index contributed by atoms with van der Waals surface area (Å²) in [5, 5.41) is 0. The monoisotopic (exact) mass is 174 g/mol. The third kappa shape index (κ3) is 1.32. The smallest absolute Gasteiger partial charge is 0.122 e. The van der Waals surface area contributed by atoms with Gasteiger partial charge >= 0.3 is 0 Å². The first-order valence-corrected chi connectivity index (χ1v) is 5.18. The molecule has 3 rings (SSSR count). The minimum Gasteiger partial charge on any atom is -0.490 e. The number of fused-ring (bicyclic) bond motifs is 2. The van der Waals surface area contributed by atoms with Crippen molar-refractivity contribution in [2.75, 3.05) is 0 Å². The second-order valence-corrected chi connectivity index (χ2v) is 4.15. The van der Waals surface area contributed by atoms with Crippen molar-refractivity contribution in [2.45, 2.75) is 31.8 Å². The van der Waals surface area contributed by atoms with Crippen LogP contribution in [-0.4, -0.2) is 6.10 Å². The maximum atomic E-state index is 5.91. The quantitative estimate of drug-likeness (QED) is 0.587. The normalized spacial score (nSPS) is 30.5. The van der Waals surface area contributed by atoms with Crippen molar-refractivity contribution in [3.05, 3.63) is 29.8 Å². The zero-order valence-corrected chi connectivity index (χ0v) is 7.70. The molecule has 1 aromatic rings. The standard InChI is InChI=1S/C12H14O/c1-2-7-11-9(4-1)5-3-6-10-8-12(10)13-11/h1-2,4,7,10,12H,3,5-6,8H2/t10?,12-/m0/s1. The molecule has 1 heteroatoms. The number of hydrogen-bond acceptors (Lipinski definition) is 1. The lowest BCUT2D eigenvalue weighted by atomic mass is 10.0. The van der Waals surface area contributed by atoms with Gasteiger partial charge in [0.05, 0.1) is 0 Å². The van der Waals surface area contributed by atoms with Crippen LogP contribution in [0.4, 0.5) is 0 Å². The molecule has 0 bridgehead atoms. The summed E-state index contributed by atoms with van der Waals surface area (Å²) in [6.45, 7) is 0. The van der Waals surface area contributed by atoms with Gasteiger partial charge in [-0.2, -0.15) is 0 Å². The van der Waals surface area contributed by atoms with Crippen LogP contribution in [0.3, 0.4) is 0 Å². The topological polar surface area (TPSA) is 9.23 Å². The summed E-state index contributed by atoms with van der Waals surface area (Å²) in [6.07, 6.45) is 5.72. The SMILES string of the molecule is c1ccc2c(c1)CCCC1C[C@@H]1O2. The highest BCUT2D eigenvalue weighted by Crippen LogP contribution is 2.41. The summed E-state index contributed by atoms with van der Waals surface area (Å²) in [6, 6.07) is 8.47. The Morgan fingerprint density at radius 2 is 2.15 bits per heavy atom. The van der Waals surface area contributed by atoms with Crippen molar-refractivity contribution in [3.63, 3.8) is 0 Å². The lowest BCUT2D eigenvalue weighted by molar-refractivity contribution is 0.271. The summed E-state index contributed by atoms with van der Waals surface area (Å²) in [5.74, 6) is 2.00. The number of hydrogen-bond donors (Lipinski definition) is 0. The van der Waals surface area contributed by atoms with E-state index in [1.54, 1.807) is 0 Å². The fourth-order valence-electron chi connectivity index (χ4n) is 2.21. The zero-order valence-electron chi connectivity index (χ0n) is 7.70. The Morgan fingerprint density at radius 3 is 3.15 bits per heavy atom. The minimum atomic E-state index is 0.543. The van der Waals surface area contributed by atoms with Gasteiger partial charge in [0.25, 0.3) is 0 Å². The molecule has 1 aliphatic carbocycles. The molecular weight excluding hydrogens is 160 g/mol. The van der Waals surface area contributed by atoms with E-state index in [1.807, 2.05) is 0 Å². The van der Waals surface area contributed by atoms with Crippen LogP contribution in [0.25, 0.3) is 0 Å². The first kappa shape index (κ1) is 7.43. The Kier molecular flexibility index (Phi) is 1.58. The second kappa shape index (κ2) is 2.76. The molecule has 68 valence electrons. The van der Waals surface area contributed by atoms with Crippen molar-refractivity contribution in [1.29, 1.82) is 0 Å². The third-order valence-corrected chi connectivity index (χ3v) is 3.13. The van der Waals surface area contributed by atoms with E-state index in [2.05, 4.69) is 24.3 Å². The van der Waals surface area contributed by atoms with E-state index in [0.717, 1.165) is 11.7 Å². The average molecular weight is 174 g/mol. The highest BCUT2D eigenvalue weighted by atomic mass is 16.5. The summed E-state index contributed by atoms with van der Waals surface area (Å²) < 4.78 is 5.91. The number of ether oxygens (including phenoxy) is 1. The van der Waals surface area contributed by atoms with Gasteiger partial charge in [0.2, 0.25) is 0 Å². The molecule has 1 aromatic carbocycles. The van der Waals surface area contributed by atoms with Gasteiger partial charge in [-0.1, -0.05) is 18.2 Å². The van der Waals surface area contributed by atoms with Gasteiger partial charge in [-0.15, -0.1) is 0 Å². The molecule has 1 fully saturated rings. The van der Waals surface area contributed by atoms with Crippen LogP contribution in [0, 0.1) is 5.92 Å². The van der Waals surface area contributed by atoms with Crippen molar-refractivity contribution < 1.29 is 4.74 Å². The zero-order chi connectivity index (χ0) is 8.67. The molecule has 1 aliphatic heterocycles. The molecule has 0 saturated heterocycles.